The van der Waals surface area contributed by atoms with Gasteiger partial charge in [0.05, 0.1) is 6.04 Å². The number of amides is 1. The zero-order valence-electron chi connectivity index (χ0n) is 10.3. The fourth-order valence-electron chi connectivity index (χ4n) is 1.41. The van der Waals surface area contributed by atoms with Crippen molar-refractivity contribution < 1.29 is 9.59 Å². The second-order valence-electron chi connectivity index (χ2n) is 3.74. The molecule has 1 aromatic rings. The quantitative estimate of drug-likeness (QED) is 0.818. The molecule has 0 fully saturated rings. The number of thioether (sulfide) groups is 1. The first-order valence-corrected chi connectivity index (χ1v) is 6.78. The molecule has 1 unspecified atom stereocenters. The Morgan fingerprint density at radius 2 is 1.88 bits per heavy atom. The van der Waals surface area contributed by atoms with E-state index in [4.69, 9.17) is 0 Å². The molecular weight excluding hydrogens is 234 g/mol. The Labute approximate surface area is 106 Å². The van der Waals surface area contributed by atoms with Gasteiger partial charge < -0.3 is 5.32 Å². The summed E-state index contributed by atoms with van der Waals surface area (Å²) in [7, 11) is 0. The van der Waals surface area contributed by atoms with Crippen LogP contribution in [-0.2, 0) is 4.79 Å². The van der Waals surface area contributed by atoms with Gasteiger partial charge in [0.1, 0.15) is 0 Å². The van der Waals surface area contributed by atoms with Crippen molar-refractivity contribution >= 4 is 23.5 Å². The molecule has 1 aromatic carbocycles. The first-order chi connectivity index (χ1) is 8.08. The SMILES string of the molecule is CCC(=O)C(C)NC(=O)c1ccc(SC)cc1. The van der Waals surface area contributed by atoms with E-state index in [1.165, 1.54) is 0 Å². The second-order valence-corrected chi connectivity index (χ2v) is 4.62. The van der Waals surface area contributed by atoms with Crippen LogP contribution < -0.4 is 5.32 Å². The van der Waals surface area contributed by atoms with Crippen LogP contribution in [0.25, 0.3) is 0 Å². The molecule has 0 heterocycles. The molecule has 3 nitrogen and oxygen atoms in total. The van der Waals surface area contributed by atoms with Crippen LogP contribution in [0.15, 0.2) is 29.2 Å². The van der Waals surface area contributed by atoms with Crippen molar-refractivity contribution in [2.75, 3.05) is 6.26 Å². The van der Waals surface area contributed by atoms with Crippen molar-refractivity contribution in [3.05, 3.63) is 29.8 Å². The van der Waals surface area contributed by atoms with Crippen molar-refractivity contribution in [2.45, 2.75) is 31.2 Å². The molecular formula is C13H17NO2S. The normalized spacial score (nSPS) is 11.9. The van der Waals surface area contributed by atoms with Crippen LogP contribution in [0.1, 0.15) is 30.6 Å². The van der Waals surface area contributed by atoms with Gasteiger partial charge in [-0.1, -0.05) is 6.92 Å². The molecule has 0 spiro atoms. The number of rotatable bonds is 5. The van der Waals surface area contributed by atoms with Gasteiger partial charge in [-0.05, 0) is 37.4 Å². The topological polar surface area (TPSA) is 46.2 Å². The monoisotopic (exact) mass is 251 g/mol. The van der Waals surface area contributed by atoms with E-state index in [0.717, 1.165) is 4.90 Å². The molecule has 0 aromatic heterocycles. The molecule has 92 valence electrons. The largest absolute Gasteiger partial charge is 0.343 e. The Balaban J connectivity index is 2.66. The van der Waals surface area contributed by atoms with Gasteiger partial charge in [0.2, 0.25) is 0 Å². The molecule has 0 saturated carbocycles. The minimum absolute atomic E-state index is 0.0408. The molecule has 0 bridgehead atoms. The Morgan fingerprint density at radius 3 is 2.35 bits per heavy atom. The molecule has 4 heteroatoms. The van der Waals surface area contributed by atoms with Gasteiger partial charge in [0, 0.05) is 16.9 Å². The zero-order valence-corrected chi connectivity index (χ0v) is 11.1. The van der Waals surface area contributed by atoms with E-state index in [0.29, 0.717) is 12.0 Å². The molecule has 0 radical (unpaired) electrons. The van der Waals surface area contributed by atoms with E-state index in [-0.39, 0.29) is 11.7 Å². The fourth-order valence-corrected chi connectivity index (χ4v) is 1.82. The zero-order chi connectivity index (χ0) is 12.8. The predicted octanol–water partition coefficient (Wildman–Crippen LogP) is 2.51. The summed E-state index contributed by atoms with van der Waals surface area (Å²) in [4.78, 5) is 24.3. The number of Topliss-reactive ketones (excluding diaryl/α,β-unsaturated/α-hetero) is 1. The van der Waals surface area contributed by atoms with Gasteiger partial charge in [-0.25, -0.2) is 0 Å². The van der Waals surface area contributed by atoms with Crippen LogP contribution in [0.3, 0.4) is 0 Å². The molecule has 0 aliphatic carbocycles. The number of carbonyl (C=O) groups excluding carboxylic acids is 2. The Bertz CT molecular complexity index is 400. The Hall–Kier alpha value is -1.29. The molecule has 0 aliphatic heterocycles. The standard InChI is InChI=1S/C13H17NO2S/c1-4-12(15)9(2)14-13(16)10-5-7-11(17-3)8-6-10/h5-9H,4H2,1-3H3,(H,14,16). The lowest BCUT2D eigenvalue weighted by atomic mass is 10.1. The summed E-state index contributed by atoms with van der Waals surface area (Å²) in [6.45, 7) is 3.50. The molecule has 1 amide bonds. The summed E-state index contributed by atoms with van der Waals surface area (Å²) >= 11 is 1.63. The van der Waals surface area contributed by atoms with Gasteiger partial charge in [-0.2, -0.15) is 0 Å². The van der Waals surface area contributed by atoms with E-state index >= 15 is 0 Å². The van der Waals surface area contributed by atoms with Crippen LogP contribution in [0.4, 0.5) is 0 Å². The van der Waals surface area contributed by atoms with Gasteiger partial charge in [0.15, 0.2) is 5.78 Å². The second kappa shape index (κ2) is 6.45. The van der Waals surface area contributed by atoms with Crippen molar-refractivity contribution in [3.63, 3.8) is 0 Å². The lowest BCUT2D eigenvalue weighted by Gasteiger charge is -2.11. The van der Waals surface area contributed by atoms with E-state index < -0.39 is 6.04 Å². The van der Waals surface area contributed by atoms with Crippen LogP contribution in [0.5, 0.6) is 0 Å². The van der Waals surface area contributed by atoms with Crippen molar-refractivity contribution in [1.29, 1.82) is 0 Å². The summed E-state index contributed by atoms with van der Waals surface area (Å²) in [5, 5.41) is 2.69. The third kappa shape index (κ3) is 3.89. The lowest BCUT2D eigenvalue weighted by Crippen LogP contribution is -2.38. The summed E-state index contributed by atoms with van der Waals surface area (Å²) in [6.07, 6.45) is 2.42. The summed E-state index contributed by atoms with van der Waals surface area (Å²) in [6, 6.07) is 6.90. The highest BCUT2D eigenvalue weighted by atomic mass is 32.2. The number of ketones is 1. The molecule has 17 heavy (non-hydrogen) atoms. The summed E-state index contributed by atoms with van der Waals surface area (Å²) < 4.78 is 0. The maximum atomic E-state index is 11.8. The number of hydrogen-bond donors (Lipinski definition) is 1. The van der Waals surface area contributed by atoms with Crippen LogP contribution in [0, 0.1) is 0 Å². The smallest absolute Gasteiger partial charge is 0.251 e. The molecule has 1 atom stereocenters. The lowest BCUT2D eigenvalue weighted by molar-refractivity contribution is -0.120. The maximum absolute atomic E-state index is 11.8. The van der Waals surface area contributed by atoms with Gasteiger partial charge in [-0.3, -0.25) is 9.59 Å². The van der Waals surface area contributed by atoms with Crippen molar-refractivity contribution in [3.8, 4) is 0 Å². The van der Waals surface area contributed by atoms with E-state index in [1.807, 2.05) is 18.4 Å². The van der Waals surface area contributed by atoms with E-state index in [9.17, 15) is 9.59 Å². The maximum Gasteiger partial charge on any atom is 0.251 e. The van der Waals surface area contributed by atoms with E-state index in [1.54, 1.807) is 37.7 Å². The number of benzene rings is 1. The molecule has 1 rings (SSSR count). The fraction of sp³-hybridized carbons (Fsp3) is 0.385. The average Bonchev–Trinajstić information content (AvgIpc) is 2.37. The Morgan fingerprint density at radius 1 is 1.29 bits per heavy atom. The van der Waals surface area contributed by atoms with Gasteiger partial charge >= 0.3 is 0 Å². The third-order valence-corrected chi connectivity index (χ3v) is 3.27. The van der Waals surface area contributed by atoms with E-state index in [2.05, 4.69) is 5.32 Å². The number of carbonyl (C=O) groups is 2. The average molecular weight is 251 g/mol. The Kier molecular flexibility index (Phi) is 5.22. The van der Waals surface area contributed by atoms with Gasteiger partial charge in [-0.15, -0.1) is 11.8 Å². The number of hydrogen-bond acceptors (Lipinski definition) is 3. The first kappa shape index (κ1) is 13.8. The van der Waals surface area contributed by atoms with Crippen LogP contribution in [0.2, 0.25) is 0 Å². The summed E-state index contributed by atoms with van der Waals surface area (Å²) in [5.74, 6) is -0.161. The minimum Gasteiger partial charge on any atom is -0.343 e. The van der Waals surface area contributed by atoms with Gasteiger partial charge in [0.25, 0.3) is 5.91 Å². The third-order valence-electron chi connectivity index (χ3n) is 2.53. The predicted molar refractivity (Wildman–Crippen MR) is 70.4 cm³/mol. The molecule has 1 N–H and O–H groups in total. The number of nitrogens with one attached hydrogen (secondary N) is 1. The van der Waals surface area contributed by atoms with Crippen molar-refractivity contribution in [2.24, 2.45) is 0 Å². The molecule has 0 saturated heterocycles. The highest BCUT2D eigenvalue weighted by Gasteiger charge is 2.14. The van der Waals surface area contributed by atoms with Crippen LogP contribution in [-0.4, -0.2) is 24.0 Å². The highest BCUT2D eigenvalue weighted by Crippen LogP contribution is 2.14. The minimum atomic E-state index is -0.423. The summed E-state index contributed by atoms with van der Waals surface area (Å²) in [5.41, 5.74) is 0.582. The van der Waals surface area contributed by atoms with Crippen molar-refractivity contribution in [1.82, 2.24) is 5.32 Å². The molecule has 0 aliphatic rings. The van der Waals surface area contributed by atoms with Crippen LogP contribution >= 0.6 is 11.8 Å². The highest BCUT2D eigenvalue weighted by molar-refractivity contribution is 7.98. The first-order valence-electron chi connectivity index (χ1n) is 5.56.